The van der Waals surface area contributed by atoms with Crippen LogP contribution in [0.3, 0.4) is 0 Å². The van der Waals surface area contributed by atoms with E-state index in [0.717, 1.165) is 11.8 Å². The molecule has 0 atom stereocenters. The number of carbonyl (C=O) groups excluding carboxylic acids is 1. The Balaban J connectivity index is 1.85. The minimum Gasteiger partial charge on any atom is -0.475 e. The van der Waals surface area contributed by atoms with Crippen LogP contribution in [0, 0.1) is 5.82 Å². The summed E-state index contributed by atoms with van der Waals surface area (Å²) >= 11 is 1.07. The number of halogens is 1. The third-order valence-corrected chi connectivity index (χ3v) is 3.18. The summed E-state index contributed by atoms with van der Waals surface area (Å²) in [6, 6.07) is 8.20. The van der Waals surface area contributed by atoms with E-state index >= 15 is 0 Å². The standard InChI is InChI=1S/C13H10FNO4S/c14-8-1-3-9(4-2-8)15-11(16)7-20-12-6-5-10(19-12)13(17)18/h1-6H,7H2,(H,15,16)(H,17,18). The average molecular weight is 295 g/mol. The van der Waals surface area contributed by atoms with Crippen LogP contribution in [0.1, 0.15) is 10.6 Å². The van der Waals surface area contributed by atoms with Crippen molar-refractivity contribution in [3.8, 4) is 0 Å². The second kappa shape index (κ2) is 6.25. The lowest BCUT2D eigenvalue weighted by atomic mass is 10.3. The van der Waals surface area contributed by atoms with Crippen molar-refractivity contribution in [2.75, 3.05) is 11.1 Å². The Morgan fingerprint density at radius 2 is 1.90 bits per heavy atom. The third-order valence-electron chi connectivity index (χ3n) is 2.27. The maximum atomic E-state index is 12.7. The molecule has 7 heteroatoms. The molecule has 104 valence electrons. The number of hydrogen-bond acceptors (Lipinski definition) is 4. The van der Waals surface area contributed by atoms with Crippen LogP contribution in [0.2, 0.25) is 0 Å². The van der Waals surface area contributed by atoms with Gasteiger partial charge in [0.1, 0.15) is 5.82 Å². The Labute approximate surface area is 117 Å². The lowest BCUT2D eigenvalue weighted by Crippen LogP contribution is -2.13. The predicted molar refractivity (Wildman–Crippen MR) is 71.4 cm³/mol. The summed E-state index contributed by atoms with van der Waals surface area (Å²) in [6.45, 7) is 0. The Morgan fingerprint density at radius 3 is 2.50 bits per heavy atom. The molecule has 2 N–H and O–H groups in total. The van der Waals surface area contributed by atoms with Gasteiger partial charge in [0.05, 0.1) is 5.75 Å². The number of carboxylic acids is 1. The Morgan fingerprint density at radius 1 is 1.20 bits per heavy atom. The number of aromatic carboxylic acids is 1. The number of nitrogens with one attached hydrogen (secondary N) is 1. The maximum Gasteiger partial charge on any atom is 0.371 e. The smallest absolute Gasteiger partial charge is 0.371 e. The summed E-state index contributed by atoms with van der Waals surface area (Å²) in [4.78, 5) is 22.2. The molecule has 1 heterocycles. The highest BCUT2D eigenvalue weighted by Crippen LogP contribution is 2.21. The third kappa shape index (κ3) is 3.86. The first-order valence-electron chi connectivity index (χ1n) is 5.56. The van der Waals surface area contributed by atoms with Gasteiger partial charge in [-0.05, 0) is 36.4 Å². The van der Waals surface area contributed by atoms with Gasteiger partial charge in [-0.25, -0.2) is 9.18 Å². The van der Waals surface area contributed by atoms with E-state index in [0.29, 0.717) is 10.8 Å². The number of thioether (sulfide) groups is 1. The van der Waals surface area contributed by atoms with Gasteiger partial charge in [0.25, 0.3) is 0 Å². The molecule has 0 unspecified atom stereocenters. The van der Waals surface area contributed by atoms with Crippen LogP contribution in [0.25, 0.3) is 0 Å². The largest absolute Gasteiger partial charge is 0.475 e. The van der Waals surface area contributed by atoms with E-state index < -0.39 is 5.97 Å². The molecule has 5 nitrogen and oxygen atoms in total. The lowest BCUT2D eigenvalue weighted by Gasteiger charge is -2.03. The number of amides is 1. The van der Waals surface area contributed by atoms with E-state index in [2.05, 4.69) is 5.32 Å². The molecule has 2 aromatic rings. The molecule has 0 spiro atoms. The molecule has 0 bridgehead atoms. The quantitative estimate of drug-likeness (QED) is 0.829. The zero-order valence-electron chi connectivity index (χ0n) is 10.1. The molecular weight excluding hydrogens is 285 g/mol. The fourth-order valence-electron chi connectivity index (χ4n) is 1.38. The van der Waals surface area contributed by atoms with Crippen molar-refractivity contribution < 1.29 is 23.5 Å². The zero-order valence-corrected chi connectivity index (χ0v) is 10.9. The van der Waals surface area contributed by atoms with Crippen molar-refractivity contribution >= 4 is 29.3 Å². The average Bonchev–Trinajstić information content (AvgIpc) is 2.88. The molecule has 0 radical (unpaired) electrons. The summed E-state index contributed by atoms with van der Waals surface area (Å²) in [5, 5.41) is 11.6. The highest BCUT2D eigenvalue weighted by atomic mass is 32.2. The van der Waals surface area contributed by atoms with Crippen LogP contribution in [0.4, 0.5) is 10.1 Å². The first-order valence-corrected chi connectivity index (χ1v) is 6.54. The zero-order chi connectivity index (χ0) is 14.5. The van der Waals surface area contributed by atoms with Crippen LogP contribution >= 0.6 is 11.8 Å². The van der Waals surface area contributed by atoms with Crippen molar-refractivity contribution in [2.45, 2.75) is 5.09 Å². The van der Waals surface area contributed by atoms with Gasteiger partial charge in [0.15, 0.2) is 5.09 Å². The minimum atomic E-state index is -1.16. The molecular formula is C13H10FNO4S. The monoisotopic (exact) mass is 295 g/mol. The van der Waals surface area contributed by atoms with Crippen molar-refractivity contribution in [3.05, 3.63) is 48.0 Å². The summed E-state index contributed by atoms with van der Waals surface area (Å²) in [5.74, 6) is -1.95. The molecule has 20 heavy (non-hydrogen) atoms. The second-order valence-corrected chi connectivity index (χ2v) is 4.75. The Kier molecular flexibility index (Phi) is 4.41. The van der Waals surface area contributed by atoms with Crippen molar-refractivity contribution in [3.63, 3.8) is 0 Å². The Bertz CT molecular complexity index is 624. The summed E-state index contributed by atoms with van der Waals surface area (Å²) in [6.07, 6.45) is 0. The number of furan rings is 1. The number of rotatable bonds is 5. The van der Waals surface area contributed by atoms with Crippen molar-refractivity contribution in [2.24, 2.45) is 0 Å². The van der Waals surface area contributed by atoms with Gasteiger partial charge >= 0.3 is 5.97 Å². The number of anilines is 1. The summed E-state index contributed by atoms with van der Waals surface area (Å²) in [7, 11) is 0. The maximum absolute atomic E-state index is 12.7. The number of hydrogen-bond donors (Lipinski definition) is 2. The SMILES string of the molecule is O=C(CSc1ccc(C(=O)O)o1)Nc1ccc(F)cc1. The highest BCUT2D eigenvalue weighted by molar-refractivity contribution is 7.99. The van der Waals surface area contributed by atoms with Crippen LogP contribution in [-0.4, -0.2) is 22.7 Å². The van der Waals surface area contributed by atoms with Gasteiger partial charge in [-0.2, -0.15) is 0 Å². The lowest BCUT2D eigenvalue weighted by molar-refractivity contribution is -0.113. The topological polar surface area (TPSA) is 79.5 Å². The molecule has 2 rings (SSSR count). The predicted octanol–water partition coefficient (Wildman–Crippen LogP) is 2.85. The fraction of sp³-hybridized carbons (Fsp3) is 0.0769. The molecule has 1 amide bonds. The van der Waals surface area contributed by atoms with Crippen LogP contribution in [0.5, 0.6) is 0 Å². The van der Waals surface area contributed by atoms with E-state index in [4.69, 9.17) is 9.52 Å². The van der Waals surface area contributed by atoms with E-state index in [1.54, 1.807) is 0 Å². The molecule has 0 fully saturated rings. The van der Waals surface area contributed by atoms with E-state index in [1.165, 1.54) is 36.4 Å². The van der Waals surface area contributed by atoms with Gasteiger partial charge in [-0.15, -0.1) is 0 Å². The Hall–Kier alpha value is -2.28. The van der Waals surface area contributed by atoms with Crippen molar-refractivity contribution in [1.82, 2.24) is 0 Å². The molecule has 0 saturated carbocycles. The van der Waals surface area contributed by atoms with E-state index in [9.17, 15) is 14.0 Å². The molecule has 1 aromatic carbocycles. The van der Waals surface area contributed by atoms with Gasteiger partial charge in [-0.1, -0.05) is 11.8 Å². The number of carbonyl (C=O) groups is 2. The van der Waals surface area contributed by atoms with Gasteiger partial charge in [0.2, 0.25) is 11.7 Å². The summed E-state index contributed by atoms with van der Waals surface area (Å²) < 4.78 is 17.7. The first kappa shape index (κ1) is 14.1. The molecule has 1 aromatic heterocycles. The fourth-order valence-corrected chi connectivity index (χ4v) is 2.04. The normalized spacial score (nSPS) is 10.2. The van der Waals surface area contributed by atoms with Gasteiger partial charge in [-0.3, -0.25) is 4.79 Å². The van der Waals surface area contributed by atoms with E-state index in [1.807, 2.05) is 0 Å². The van der Waals surface area contributed by atoms with Gasteiger partial charge < -0.3 is 14.8 Å². The van der Waals surface area contributed by atoms with Crippen LogP contribution in [0.15, 0.2) is 45.9 Å². The number of benzene rings is 1. The highest BCUT2D eigenvalue weighted by Gasteiger charge is 2.11. The van der Waals surface area contributed by atoms with Gasteiger partial charge in [0, 0.05) is 5.69 Å². The van der Waals surface area contributed by atoms with Crippen LogP contribution < -0.4 is 5.32 Å². The summed E-state index contributed by atoms with van der Waals surface area (Å²) in [5.41, 5.74) is 0.489. The molecule has 0 aliphatic carbocycles. The molecule has 0 aliphatic heterocycles. The second-order valence-electron chi connectivity index (χ2n) is 3.77. The van der Waals surface area contributed by atoms with Crippen molar-refractivity contribution in [1.29, 1.82) is 0 Å². The first-order chi connectivity index (χ1) is 9.54. The van der Waals surface area contributed by atoms with E-state index in [-0.39, 0.29) is 23.2 Å². The molecule has 0 aliphatic rings. The minimum absolute atomic E-state index is 0.0595. The van der Waals surface area contributed by atoms with Crippen LogP contribution in [-0.2, 0) is 4.79 Å². The number of carboxylic acid groups (broad SMARTS) is 1. The molecule has 0 saturated heterocycles.